The number of hydrogen-bond donors (Lipinski definition) is 0. The van der Waals surface area contributed by atoms with Crippen LogP contribution in [-0.2, 0) is 14.9 Å². The molecule has 4 heterocycles. The topological polar surface area (TPSA) is 45.7 Å². The lowest BCUT2D eigenvalue weighted by Gasteiger charge is -2.51. The minimum atomic E-state index is -0.512. The highest BCUT2D eigenvalue weighted by atomic mass is 19.1. The highest BCUT2D eigenvalue weighted by Crippen LogP contribution is 2.50. The Balaban J connectivity index is 1.58. The first-order valence-corrected chi connectivity index (χ1v) is 8.79. The summed E-state index contributed by atoms with van der Waals surface area (Å²) < 4.78 is 19.1. The average Bonchev–Trinajstić information content (AvgIpc) is 2.82. The summed E-state index contributed by atoms with van der Waals surface area (Å²) in [6, 6.07) is 5.16. The zero-order chi connectivity index (χ0) is 17.2. The molecule has 1 aromatic carbocycles. The lowest BCUT2D eigenvalue weighted by atomic mass is 9.72. The van der Waals surface area contributed by atoms with Crippen LogP contribution in [0.15, 0.2) is 24.4 Å². The van der Waals surface area contributed by atoms with Crippen molar-refractivity contribution in [2.75, 3.05) is 38.3 Å². The molecule has 0 unspecified atom stereocenters. The number of rotatable bonds is 1. The fourth-order valence-corrected chi connectivity index (χ4v) is 4.70. The average molecular weight is 341 g/mol. The molecule has 1 amide bonds. The lowest BCUT2D eigenvalue weighted by Crippen LogP contribution is -2.66. The van der Waals surface area contributed by atoms with Crippen LogP contribution in [0.25, 0.3) is 10.9 Å². The molecule has 2 fully saturated rings. The largest absolute Gasteiger partial charge is 0.381 e. The number of likely N-dealkylation sites (N-methyl/N-ethyl adjacent to an activating group) is 1. The third-order valence-electron chi connectivity index (χ3n) is 6.02. The molecule has 5 rings (SSSR count). The summed E-state index contributed by atoms with van der Waals surface area (Å²) in [6.07, 6.45) is 3.76. The van der Waals surface area contributed by atoms with E-state index in [-0.39, 0.29) is 11.7 Å². The lowest BCUT2D eigenvalue weighted by molar-refractivity contribution is -0.131. The van der Waals surface area contributed by atoms with Crippen molar-refractivity contribution >= 4 is 22.5 Å². The molecular formula is C19H20FN3O2. The Kier molecular flexibility index (Phi) is 3.18. The fourth-order valence-electron chi connectivity index (χ4n) is 4.70. The summed E-state index contributed by atoms with van der Waals surface area (Å²) in [6.45, 7) is 3.05. The SMILES string of the molecule is CN1C(=O)C2(CN(C3CCOCC3)C2)c2c1cnc1cc(F)ccc21. The number of fused-ring (bicyclic) bond motifs is 4. The molecule has 0 bridgehead atoms. The molecule has 25 heavy (non-hydrogen) atoms. The van der Waals surface area contributed by atoms with E-state index < -0.39 is 5.41 Å². The zero-order valence-corrected chi connectivity index (χ0v) is 14.2. The van der Waals surface area contributed by atoms with Crippen molar-refractivity contribution < 1.29 is 13.9 Å². The number of amides is 1. The molecule has 0 aliphatic carbocycles. The van der Waals surface area contributed by atoms with Crippen molar-refractivity contribution in [3.05, 3.63) is 35.8 Å². The smallest absolute Gasteiger partial charge is 0.240 e. The van der Waals surface area contributed by atoms with Gasteiger partial charge in [-0.05, 0) is 25.0 Å². The molecule has 0 atom stereocenters. The standard InChI is InChI=1S/C19H20FN3O2/c1-22-16-9-21-15-8-12(20)2-3-14(15)17(16)19(18(22)24)10-23(11-19)13-4-6-25-7-5-13/h2-3,8-9,13H,4-7,10-11H2,1H3. The Labute approximate surface area is 145 Å². The third kappa shape index (κ3) is 2.01. The molecule has 6 heteroatoms. The van der Waals surface area contributed by atoms with Crippen molar-refractivity contribution in [1.29, 1.82) is 0 Å². The van der Waals surface area contributed by atoms with Crippen LogP contribution in [0.3, 0.4) is 0 Å². The van der Waals surface area contributed by atoms with E-state index in [1.807, 2.05) is 7.05 Å². The number of aromatic nitrogens is 1. The van der Waals surface area contributed by atoms with Crippen LogP contribution in [0.4, 0.5) is 10.1 Å². The Morgan fingerprint density at radius 1 is 1.28 bits per heavy atom. The highest BCUT2D eigenvalue weighted by Gasteiger charge is 2.59. The van der Waals surface area contributed by atoms with Gasteiger partial charge in [0.05, 0.1) is 17.4 Å². The van der Waals surface area contributed by atoms with Crippen LogP contribution < -0.4 is 4.90 Å². The number of anilines is 1. The molecule has 1 spiro atoms. The Hall–Kier alpha value is -2.05. The second-order valence-corrected chi connectivity index (χ2v) is 7.37. The van der Waals surface area contributed by atoms with Crippen LogP contribution in [0.2, 0.25) is 0 Å². The molecule has 0 radical (unpaired) electrons. The number of hydrogen-bond acceptors (Lipinski definition) is 4. The summed E-state index contributed by atoms with van der Waals surface area (Å²) >= 11 is 0. The van der Waals surface area contributed by atoms with Gasteiger partial charge in [-0.2, -0.15) is 0 Å². The molecular weight excluding hydrogens is 321 g/mol. The van der Waals surface area contributed by atoms with Crippen LogP contribution in [-0.4, -0.2) is 55.2 Å². The normalized spacial score (nSPS) is 23.3. The van der Waals surface area contributed by atoms with Gasteiger partial charge >= 0.3 is 0 Å². The van der Waals surface area contributed by atoms with Crippen LogP contribution in [0.1, 0.15) is 18.4 Å². The van der Waals surface area contributed by atoms with E-state index in [1.54, 1.807) is 17.2 Å². The van der Waals surface area contributed by atoms with Gasteiger partial charge in [0.1, 0.15) is 11.2 Å². The number of carbonyl (C=O) groups excluding carboxylic acids is 1. The molecule has 1 aromatic heterocycles. The maximum atomic E-state index is 13.6. The second-order valence-electron chi connectivity index (χ2n) is 7.37. The van der Waals surface area contributed by atoms with Gasteiger partial charge in [-0.15, -0.1) is 0 Å². The van der Waals surface area contributed by atoms with E-state index in [0.717, 1.165) is 55.8 Å². The summed E-state index contributed by atoms with van der Waals surface area (Å²) in [5.74, 6) is -0.173. The van der Waals surface area contributed by atoms with Gasteiger partial charge in [0.2, 0.25) is 5.91 Å². The van der Waals surface area contributed by atoms with E-state index in [4.69, 9.17) is 4.74 Å². The quantitative estimate of drug-likeness (QED) is 0.797. The van der Waals surface area contributed by atoms with Gasteiger partial charge < -0.3 is 9.64 Å². The van der Waals surface area contributed by atoms with Crippen molar-refractivity contribution in [2.24, 2.45) is 0 Å². The molecule has 0 saturated carbocycles. The second kappa shape index (κ2) is 5.22. The molecule has 2 saturated heterocycles. The van der Waals surface area contributed by atoms with Crippen LogP contribution in [0.5, 0.6) is 0 Å². The van der Waals surface area contributed by atoms with Crippen molar-refractivity contribution in [3.8, 4) is 0 Å². The Bertz CT molecular complexity index is 872. The molecule has 0 N–H and O–H groups in total. The minimum Gasteiger partial charge on any atom is -0.381 e. The number of nitrogens with zero attached hydrogens (tertiary/aromatic N) is 3. The molecule has 5 nitrogen and oxygen atoms in total. The van der Waals surface area contributed by atoms with Gasteiger partial charge in [-0.1, -0.05) is 0 Å². The van der Waals surface area contributed by atoms with Crippen LogP contribution in [0, 0.1) is 5.82 Å². The Morgan fingerprint density at radius 3 is 2.80 bits per heavy atom. The van der Waals surface area contributed by atoms with Crippen molar-refractivity contribution in [2.45, 2.75) is 24.3 Å². The Morgan fingerprint density at radius 2 is 2.04 bits per heavy atom. The minimum absolute atomic E-state index is 0.129. The summed E-state index contributed by atoms with van der Waals surface area (Å²) in [5, 5.41) is 0.892. The predicted molar refractivity (Wildman–Crippen MR) is 92.2 cm³/mol. The summed E-state index contributed by atoms with van der Waals surface area (Å²) in [5.41, 5.74) is 1.98. The monoisotopic (exact) mass is 341 g/mol. The van der Waals surface area contributed by atoms with Crippen molar-refractivity contribution in [3.63, 3.8) is 0 Å². The summed E-state index contributed by atoms with van der Waals surface area (Å²) in [4.78, 5) is 21.6. The number of benzene rings is 1. The van der Waals surface area contributed by atoms with Gasteiger partial charge in [-0.25, -0.2) is 4.39 Å². The molecule has 2 aromatic rings. The van der Waals surface area contributed by atoms with Gasteiger partial charge in [-0.3, -0.25) is 14.7 Å². The van der Waals surface area contributed by atoms with E-state index in [9.17, 15) is 9.18 Å². The van der Waals surface area contributed by atoms with E-state index in [2.05, 4.69) is 9.88 Å². The number of ether oxygens (including phenoxy) is 1. The predicted octanol–water partition coefficient (Wildman–Crippen LogP) is 2.08. The maximum Gasteiger partial charge on any atom is 0.240 e. The number of halogens is 1. The zero-order valence-electron chi connectivity index (χ0n) is 14.2. The van der Waals surface area contributed by atoms with E-state index >= 15 is 0 Å². The fraction of sp³-hybridized carbons (Fsp3) is 0.474. The van der Waals surface area contributed by atoms with E-state index in [0.29, 0.717) is 11.6 Å². The van der Waals surface area contributed by atoms with Gasteiger partial charge in [0.15, 0.2) is 0 Å². The highest BCUT2D eigenvalue weighted by molar-refractivity contribution is 6.13. The first-order chi connectivity index (χ1) is 12.1. The van der Waals surface area contributed by atoms with Gasteiger partial charge in [0, 0.05) is 56.4 Å². The molecule has 130 valence electrons. The molecule has 3 aliphatic heterocycles. The van der Waals surface area contributed by atoms with Gasteiger partial charge in [0.25, 0.3) is 0 Å². The number of pyridine rings is 1. The van der Waals surface area contributed by atoms with Crippen LogP contribution >= 0.6 is 0 Å². The van der Waals surface area contributed by atoms with E-state index in [1.165, 1.54) is 12.1 Å². The third-order valence-corrected chi connectivity index (χ3v) is 6.02. The van der Waals surface area contributed by atoms with Crippen molar-refractivity contribution in [1.82, 2.24) is 9.88 Å². The maximum absolute atomic E-state index is 13.6. The number of likely N-dealkylation sites (tertiary alicyclic amines) is 1. The summed E-state index contributed by atoms with van der Waals surface area (Å²) in [7, 11) is 1.81. The number of carbonyl (C=O) groups is 1. The first-order valence-electron chi connectivity index (χ1n) is 8.79. The first kappa shape index (κ1) is 15.2. The molecule has 3 aliphatic rings.